The van der Waals surface area contributed by atoms with Crippen molar-refractivity contribution in [3.63, 3.8) is 0 Å². The minimum Gasteiger partial charge on any atom is -0.486 e. The molecule has 150 valence electrons. The molecular weight excluding hydrogens is 374 g/mol. The van der Waals surface area contributed by atoms with E-state index in [4.69, 9.17) is 14.2 Å². The molecule has 1 unspecified atom stereocenters. The molecule has 2 heterocycles. The molecule has 29 heavy (non-hydrogen) atoms. The van der Waals surface area contributed by atoms with Crippen LogP contribution in [0.2, 0.25) is 0 Å². The molecule has 8 heteroatoms. The molecular formula is C21H21N3O5. The standard InChI is InChI=1S/C21H21N3O5/c1-27-20(25)17(10-13-12-22-16-5-3-2-4-15(13)16)24-21(26)23-14-6-7-18-19(11-14)29-9-8-28-18/h2-7,11-12,17,22H,8-10H2,1H3,(H2,23,24,26). The Morgan fingerprint density at radius 1 is 1.14 bits per heavy atom. The Bertz CT molecular complexity index is 1050. The fourth-order valence-electron chi connectivity index (χ4n) is 3.30. The van der Waals surface area contributed by atoms with Gasteiger partial charge in [0.15, 0.2) is 11.5 Å². The van der Waals surface area contributed by atoms with Gasteiger partial charge in [0.05, 0.1) is 7.11 Å². The van der Waals surface area contributed by atoms with Crippen molar-refractivity contribution in [3.05, 3.63) is 54.2 Å². The highest BCUT2D eigenvalue weighted by Crippen LogP contribution is 2.32. The van der Waals surface area contributed by atoms with Crippen molar-refractivity contribution in [2.75, 3.05) is 25.6 Å². The number of fused-ring (bicyclic) bond motifs is 2. The third-order valence-corrected chi connectivity index (χ3v) is 4.69. The number of methoxy groups -OCH3 is 1. The van der Waals surface area contributed by atoms with E-state index in [1.54, 1.807) is 18.2 Å². The number of aromatic nitrogens is 1. The molecule has 0 bridgehead atoms. The van der Waals surface area contributed by atoms with Gasteiger partial charge in [-0.3, -0.25) is 0 Å². The maximum absolute atomic E-state index is 12.5. The number of urea groups is 1. The summed E-state index contributed by atoms with van der Waals surface area (Å²) in [5.41, 5.74) is 2.41. The van der Waals surface area contributed by atoms with Crippen LogP contribution in [0, 0.1) is 0 Å². The van der Waals surface area contributed by atoms with Gasteiger partial charge < -0.3 is 29.8 Å². The Labute approximate surface area is 167 Å². The van der Waals surface area contributed by atoms with Crippen molar-refractivity contribution in [3.8, 4) is 11.5 Å². The number of carbonyl (C=O) groups is 2. The highest BCUT2D eigenvalue weighted by atomic mass is 16.6. The number of esters is 1. The average molecular weight is 395 g/mol. The summed E-state index contributed by atoms with van der Waals surface area (Å²) >= 11 is 0. The van der Waals surface area contributed by atoms with Gasteiger partial charge in [-0.2, -0.15) is 0 Å². The van der Waals surface area contributed by atoms with E-state index < -0.39 is 18.0 Å². The first-order valence-electron chi connectivity index (χ1n) is 9.24. The number of nitrogens with one attached hydrogen (secondary N) is 3. The summed E-state index contributed by atoms with van der Waals surface area (Å²) in [6, 6.07) is 11.5. The van der Waals surface area contributed by atoms with Crippen LogP contribution >= 0.6 is 0 Å². The second kappa shape index (κ2) is 8.14. The predicted octanol–water partition coefficient (Wildman–Crippen LogP) is 2.84. The van der Waals surface area contributed by atoms with Crippen LogP contribution in [-0.2, 0) is 16.0 Å². The number of aromatic amines is 1. The quantitative estimate of drug-likeness (QED) is 0.577. The molecule has 8 nitrogen and oxygen atoms in total. The number of hydrogen-bond acceptors (Lipinski definition) is 5. The Morgan fingerprint density at radius 2 is 1.93 bits per heavy atom. The van der Waals surface area contributed by atoms with Gasteiger partial charge in [0.2, 0.25) is 0 Å². The highest BCUT2D eigenvalue weighted by molar-refractivity contribution is 5.93. The van der Waals surface area contributed by atoms with Crippen molar-refractivity contribution in [2.45, 2.75) is 12.5 Å². The summed E-state index contributed by atoms with van der Waals surface area (Å²) in [6.07, 6.45) is 2.13. The maximum atomic E-state index is 12.5. The maximum Gasteiger partial charge on any atom is 0.328 e. The van der Waals surface area contributed by atoms with E-state index in [-0.39, 0.29) is 0 Å². The lowest BCUT2D eigenvalue weighted by atomic mass is 10.1. The average Bonchev–Trinajstić information content (AvgIpc) is 3.15. The van der Waals surface area contributed by atoms with Crippen LogP contribution in [0.1, 0.15) is 5.56 Å². The number of amides is 2. The second-order valence-electron chi connectivity index (χ2n) is 6.60. The van der Waals surface area contributed by atoms with Gasteiger partial charge in [-0.25, -0.2) is 9.59 Å². The van der Waals surface area contributed by atoms with Crippen molar-refractivity contribution >= 4 is 28.6 Å². The molecule has 1 aliphatic heterocycles. The molecule has 2 amide bonds. The molecule has 3 N–H and O–H groups in total. The first-order valence-corrected chi connectivity index (χ1v) is 9.24. The number of ether oxygens (including phenoxy) is 3. The summed E-state index contributed by atoms with van der Waals surface area (Å²) in [6.45, 7) is 0.951. The van der Waals surface area contributed by atoms with Gasteiger partial charge in [-0.1, -0.05) is 18.2 Å². The summed E-state index contributed by atoms with van der Waals surface area (Å²) in [5, 5.41) is 6.40. The normalized spacial score (nSPS) is 13.6. The largest absolute Gasteiger partial charge is 0.486 e. The lowest BCUT2D eigenvalue weighted by Gasteiger charge is -2.20. The Balaban J connectivity index is 1.46. The van der Waals surface area contributed by atoms with Gasteiger partial charge >= 0.3 is 12.0 Å². The zero-order valence-corrected chi connectivity index (χ0v) is 15.9. The van der Waals surface area contributed by atoms with Crippen molar-refractivity contribution in [2.24, 2.45) is 0 Å². The van der Waals surface area contributed by atoms with Crippen LogP contribution in [0.4, 0.5) is 10.5 Å². The van der Waals surface area contributed by atoms with Crippen LogP contribution in [0.5, 0.6) is 11.5 Å². The van der Waals surface area contributed by atoms with E-state index in [9.17, 15) is 9.59 Å². The van der Waals surface area contributed by atoms with Crippen molar-refractivity contribution < 1.29 is 23.8 Å². The van der Waals surface area contributed by atoms with E-state index in [0.29, 0.717) is 36.8 Å². The molecule has 1 atom stereocenters. The van der Waals surface area contributed by atoms with Gasteiger partial charge in [0.25, 0.3) is 0 Å². The second-order valence-corrected chi connectivity index (χ2v) is 6.60. The van der Waals surface area contributed by atoms with Crippen LogP contribution < -0.4 is 20.1 Å². The topological polar surface area (TPSA) is 102 Å². The smallest absolute Gasteiger partial charge is 0.328 e. The molecule has 0 fully saturated rings. The molecule has 0 saturated carbocycles. The van der Waals surface area contributed by atoms with Crippen LogP contribution in [0.3, 0.4) is 0 Å². The summed E-state index contributed by atoms with van der Waals surface area (Å²) in [4.78, 5) is 27.9. The number of H-pyrrole nitrogens is 1. The SMILES string of the molecule is COC(=O)C(Cc1c[nH]c2ccccc12)NC(=O)Nc1ccc2c(c1)OCCO2. The Morgan fingerprint density at radius 3 is 2.76 bits per heavy atom. The third-order valence-electron chi connectivity index (χ3n) is 4.69. The van der Waals surface area contributed by atoms with Crippen LogP contribution in [0.25, 0.3) is 10.9 Å². The monoisotopic (exact) mass is 395 g/mol. The fourth-order valence-corrected chi connectivity index (χ4v) is 3.30. The zero-order valence-electron chi connectivity index (χ0n) is 15.9. The van der Waals surface area contributed by atoms with Gasteiger partial charge in [0.1, 0.15) is 19.3 Å². The Hall–Kier alpha value is -3.68. The van der Waals surface area contributed by atoms with Gasteiger partial charge in [-0.15, -0.1) is 0 Å². The molecule has 0 spiro atoms. The molecule has 4 rings (SSSR count). The van der Waals surface area contributed by atoms with E-state index in [1.807, 2.05) is 30.5 Å². The van der Waals surface area contributed by atoms with E-state index >= 15 is 0 Å². The third kappa shape index (κ3) is 4.11. The van der Waals surface area contributed by atoms with Gasteiger partial charge in [-0.05, 0) is 23.8 Å². The van der Waals surface area contributed by atoms with E-state index in [1.165, 1.54) is 7.11 Å². The summed E-state index contributed by atoms with van der Waals surface area (Å²) in [7, 11) is 1.30. The minimum atomic E-state index is -0.837. The molecule has 3 aromatic rings. The van der Waals surface area contributed by atoms with Crippen molar-refractivity contribution in [1.82, 2.24) is 10.3 Å². The number of carbonyl (C=O) groups excluding carboxylic acids is 2. The lowest BCUT2D eigenvalue weighted by Crippen LogP contribution is -2.45. The number of anilines is 1. The van der Waals surface area contributed by atoms with E-state index in [0.717, 1.165) is 16.5 Å². The van der Waals surface area contributed by atoms with Crippen molar-refractivity contribution in [1.29, 1.82) is 0 Å². The summed E-state index contributed by atoms with van der Waals surface area (Å²) in [5.74, 6) is 0.680. The molecule has 1 aromatic heterocycles. The molecule has 0 radical (unpaired) electrons. The van der Waals surface area contributed by atoms with Gasteiger partial charge in [0, 0.05) is 35.3 Å². The number of para-hydroxylation sites is 1. The number of benzene rings is 2. The Kier molecular flexibility index (Phi) is 5.24. The van der Waals surface area contributed by atoms with Crippen LogP contribution in [-0.4, -0.2) is 43.3 Å². The molecule has 0 aliphatic carbocycles. The first kappa shape index (κ1) is 18.7. The van der Waals surface area contributed by atoms with Crippen LogP contribution in [0.15, 0.2) is 48.7 Å². The molecule has 1 aliphatic rings. The minimum absolute atomic E-state index is 0.297. The summed E-state index contributed by atoms with van der Waals surface area (Å²) < 4.78 is 15.9. The molecule has 0 saturated heterocycles. The predicted molar refractivity (Wildman–Crippen MR) is 107 cm³/mol. The van der Waals surface area contributed by atoms with E-state index in [2.05, 4.69) is 15.6 Å². The number of hydrogen-bond donors (Lipinski definition) is 3. The lowest BCUT2D eigenvalue weighted by molar-refractivity contribution is -0.142. The fraction of sp³-hybridized carbons (Fsp3) is 0.238. The highest BCUT2D eigenvalue weighted by Gasteiger charge is 2.23. The number of rotatable bonds is 5. The first-order chi connectivity index (χ1) is 14.1. The molecule has 2 aromatic carbocycles. The zero-order chi connectivity index (χ0) is 20.2.